The molecule has 0 aliphatic rings. The molecule has 132 valence electrons. The number of benzene rings is 2. The van der Waals surface area contributed by atoms with Gasteiger partial charge in [0.1, 0.15) is 17.9 Å². The molecule has 10 heteroatoms. The largest absolute Gasteiger partial charge is 0.426 e. The summed E-state index contributed by atoms with van der Waals surface area (Å²) in [6.07, 6.45) is -1.11. The Morgan fingerprint density at radius 2 is 0.920 bits per heavy atom. The number of esters is 2. The average molecular weight is 364 g/mol. The molecule has 0 saturated carbocycles. The highest BCUT2D eigenvalue weighted by Gasteiger charge is 2.19. The molecule has 0 fully saturated rings. The summed E-state index contributed by atoms with van der Waals surface area (Å²) in [5, 5.41) is 0. The van der Waals surface area contributed by atoms with E-state index in [1.165, 1.54) is 0 Å². The summed E-state index contributed by atoms with van der Waals surface area (Å²) in [7, 11) is 0. The van der Waals surface area contributed by atoms with Crippen LogP contribution in [0.15, 0.2) is 24.3 Å². The molecule has 0 unspecified atom stereocenters. The molecule has 25 heavy (non-hydrogen) atoms. The van der Waals surface area contributed by atoms with Crippen LogP contribution in [0.25, 0.3) is 0 Å². The van der Waals surface area contributed by atoms with Crippen LogP contribution < -0.4 is 9.47 Å². The fourth-order valence-corrected chi connectivity index (χ4v) is 1.64. The van der Waals surface area contributed by atoms with Gasteiger partial charge in [0, 0.05) is 24.3 Å². The Morgan fingerprint density at radius 3 is 1.20 bits per heavy atom. The number of rotatable bonds is 4. The maximum atomic E-state index is 12.9. The van der Waals surface area contributed by atoms with Crippen LogP contribution in [0, 0.1) is 34.9 Å². The van der Waals surface area contributed by atoms with Crippen LogP contribution in [0.5, 0.6) is 11.5 Å². The van der Waals surface area contributed by atoms with Crippen molar-refractivity contribution in [2.45, 2.75) is 6.42 Å². The van der Waals surface area contributed by atoms with Gasteiger partial charge in [-0.25, -0.2) is 26.3 Å². The van der Waals surface area contributed by atoms with Crippen molar-refractivity contribution in [3.63, 3.8) is 0 Å². The van der Waals surface area contributed by atoms with E-state index in [0.717, 1.165) is 0 Å². The molecule has 0 aliphatic heterocycles. The van der Waals surface area contributed by atoms with Gasteiger partial charge in [-0.15, -0.1) is 0 Å². The number of carbonyl (C=O) groups excluding carboxylic acids is 2. The van der Waals surface area contributed by atoms with Gasteiger partial charge in [0.15, 0.2) is 34.9 Å². The van der Waals surface area contributed by atoms with E-state index in [2.05, 4.69) is 9.47 Å². The van der Waals surface area contributed by atoms with Crippen LogP contribution >= 0.6 is 0 Å². The molecular formula is C15H6F6O4. The smallest absolute Gasteiger partial charge is 0.322 e. The third kappa shape index (κ3) is 4.49. The molecule has 2 rings (SSSR count). The van der Waals surface area contributed by atoms with E-state index < -0.39 is 64.8 Å². The summed E-state index contributed by atoms with van der Waals surface area (Å²) in [6.45, 7) is 0. The highest BCUT2D eigenvalue weighted by atomic mass is 19.2. The fraction of sp³-hybridized carbons (Fsp3) is 0.0667. The zero-order chi connectivity index (χ0) is 18.7. The van der Waals surface area contributed by atoms with E-state index in [1.807, 2.05) is 0 Å². The number of hydrogen-bond donors (Lipinski definition) is 0. The van der Waals surface area contributed by atoms with Gasteiger partial charge in [0.05, 0.1) is 0 Å². The predicted octanol–water partition coefficient (Wildman–Crippen LogP) is 3.42. The van der Waals surface area contributed by atoms with Crippen LogP contribution in [-0.4, -0.2) is 11.9 Å². The molecule has 0 radical (unpaired) electrons. The Bertz CT molecular complexity index is 736. The number of halogens is 6. The minimum atomic E-state index is -1.78. The van der Waals surface area contributed by atoms with E-state index in [1.54, 1.807) is 0 Å². The third-order valence-corrected chi connectivity index (χ3v) is 2.67. The summed E-state index contributed by atoms with van der Waals surface area (Å²) >= 11 is 0. The number of carbonyl (C=O) groups is 2. The maximum Gasteiger partial charge on any atom is 0.322 e. The Morgan fingerprint density at radius 1 is 0.640 bits per heavy atom. The molecule has 2 aromatic rings. The molecule has 0 saturated heterocycles. The average Bonchev–Trinajstić information content (AvgIpc) is 2.49. The first-order chi connectivity index (χ1) is 11.7. The molecule has 0 heterocycles. The van der Waals surface area contributed by atoms with Gasteiger partial charge in [-0.1, -0.05) is 0 Å². The van der Waals surface area contributed by atoms with Crippen molar-refractivity contribution in [2.24, 2.45) is 0 Å². The second-order valence-corrected chi connectivity index (χ2v) is 4.53. The first-order valence-corrected chi connectivity index (χ1v) is 6.38. The summed E-state index contributed by atoms with van der Waals surface area (Å²) in [4.78, 5) is 22.9. The SMILES string of the molecule is O=C(CC(=O)Oc1cc(F)c(F)c(F)c1)Oc1cc(F)c(F)c(F)c1. The van der Waals surface area contributed by atoms with Crippen molar-refractivity contribution in [3.05, 3.63) is 59.2 Å². The molecule has 0 N–H and O–H groups in total. The molecule has 0 amide bonds. The lowest BCUT2D eigenvalue weighted by Gasteiger charge is -2.07. The van der Waals surface area contributed by atoms with Gasteiger partial charge in [0.25, 0.3) is 0 Å². The van der Waals surface area contributed by atoms with Gasteiger partial charge >= 0.3 is 11.9 Å². The molecule has 0 bridgehead atoms. The normalized spacial score (nSPS) is 10.5. The van der Waals surface area contributed by atoms with E-state index >= 15 is 0 Å². The number of hydrogen-bond acceptors (Lipinski definition) is 4. The molecule has 0 aliphatic carbocycles. The lowest BCUT2D eigenvalue weighted by molar-refractivity contribution is -0.144. The third-order valence-electron chi connectivity index (χ3n) is 2.67. The van der Waals surface area contributed by atoms with Gasteiger partial charge in [0.2, 0.25) is 0 Å². The molecular weight excluding hydrogens is 358 g/mol. The summed E-state index contributed by atoms with van der Waals surface area (Å²) < 4.78 is 86.1. The lowest BCUT2D eigenvalue weighted by atomic mass is 10.3. The minimum absolute atomic E-state index is 0.367. The Kier molecular flexibility index (Phi) is 5.30. The molecule has 2 aromatic carbocycles. The first-order valence-electron chi connectivity index (χ1n) is 6.38. The highest BCUT2D eigenvalue weighted by molar-refractivity contribution is 5.93. The van der Waals surface area contributed by atoms with Crippen molar-refractivity contribution in [1.82, 2.24) is 0 Å². The van der Waals surface area contributed by atoms with Crippen molar-refractivity contribution in [3.8, 4) is 11.5 Å². The summed E-state index contributed by atoms with van der Waals surface area (Å²) in [6, 6.07) is 1.47. The predicted molar refractivity (Wildman–Crippen MR) is 68.5 cm³/mol. The Labute approximate surface area is 135 Å². The Balaban J connectivity index is 2.00. The second kappa shape index (κ2) is 7.24. The van der Waals surface area contributed by atoms with Gasteiger partial charge < -0.3 is 9.47 Å². The van der Waals surface area contributed by atoms with E-state index in [-0.39, 0.29) is 0 Å². The molecule has 0 aromatic heterocycles. The van der Waals surface area contributed by atoms with Gasteiger partial charge in [-0.05, 0) is 0 Å². The fourth-order valence-electron chi connectivity index (χ4n) is 1.64. The molecule has 0 atom stereocenters. The van der Waals surface area contributed by atoms with Crippen LogP contribution in [0.4, 0.5) is 26.3 Å². The molecule has 0 spiro atoms. The quantitative estimate of drug-likeness (QED) is 0.274. The second-order valence-electron chi connectivity index (χ2n) is 4.53. The zero-order valence-electron chi connectivity index (χ0n) is 11.9. The van der Waals surface area contributed by atoms with Crippen molar-refractivity contribution >= 4 is 11.9 Å². The minimum Gasteiger partial charge on any atom is -0.426 e. The van der Waals surface area contributed by atoms with Crippen molar-refractivity contribution in [2.75, 3.05) is 0 Å². The van der Waals surface area contributed by atoms with Crippen LogP contribution in [0.2, 0.25) is 0 Å². The van der Waals surface area contributed by atoms with Crippen LogP contribution in [0.1, 0.15) is 6.42 Å². The van der Waals surface area contributed by atoms with Crippen molar-refractivity contribution in [1.29, 1.82) is 0 Å². The van der Waals surface area contributed by atoms with Gasteiger partial charge in [-0.2, -0.15) is 0 Å². The van der Waals surface area contributed by atoms with E-state index in [4.69, 9.17) is 0 Å². The standard InChI is InChI=1S/C15H6F6O4/c16-8-1-6(2-9(17)14(8)20)24-12(22)5-13(23)25-7-3-10(18)15(21)11(19)4-7/h1-4H,5H2. The van der Waals surface area contributed by atoms with Crippen LogP contribution in [0.3, 0.4) is 0 Å². The molecule has 4 nitrogen and oxygen atoms in total. The van der Waals surface area contributed by atoms with Gasteiger partial charge in [-0.3, -0.25) is 9.59 Å². The monoisotopic (exact) mass is 364 g/mol. The first kappa shape index (κ1) is 18.3. The summed E-state index contributed by atoms with van der Waals surface area (Å²) in [5.74, 6) is -14.2. The van der Waals surface area contributed by atoms with Crippen LogP contribution in [-0.2, 0) is 9.59 Å². The Hall–Kier alpha value is -3.04. The van der Waals surface area contributed by atoms with E-state index in [9.17, 15) is 35.9 Å². The van der Waals surface area contributed by atoms with E-state index in [0.29, 0.717) is 24.3 Å². The van der Waals surface area contributed by atoms with Crippen molar-refractivity contribution < 1.29 is 45.4 Å². The lowest BCUT2D eigenvalue weighted by Crippen LogP contribution is -2.18. The highest BCUT2D eigenvalue weighted by Crippen LogP contribution is 2.21. The topological polar surface area (TPSA) is 52.6 Å². The maximum absolute atomic E-state index is 12.9. The summed E-state index contributed by atoms with van der Waals surface area (Å²) in [5.41, 5.74) is 0. The zero-order valence-corrected chi connectivity index (χ0v) is 11.9. The number of ether oxygens (including phenoxy) is 2.